The largest absolute Gasteiger partial charge is 0.497 e. The Morgan fingerprint density at radius 1 is 0.787 bits per heavy atom. The van der Waals surface area contributed by atoms with Gasteiger partial charge in [0, 0.05) is 12.6 Å². The fraction of sp³-hybridized carbons (Fsp3) is 0.297. The fourth-order valence-corrected chi connectivity index (χ4v) is 6.37. The van der Waals surface area contributed by atoms with Gasteiger partial charge in [0.15, 0.2) is 0 Å². The van der Waals surface area contributed by atoms with Crippen molar-refractivity contribution in [2.24, 2.45) is 0 Å². The van der Waals surface area contributed by atoms with E-state index in [0.717, 1.165) is 21.9 Å². The second-order valence-corrected chi connectivity index (χ2v) is 13.2. The zero-order valence-electron chi connectivity index (χ0n) is 27.6. The van der Waals surface area contributed by atoms with E-state index in [4.69, 9.17) is 9.47 Å². The molecule has 4 aromatic rings. The van der Waals surface area contributed by atoms with Crippen LogP contribution < -0.4 is 19.1 Å². The number of benzene rings is 4. The van der Waals surface area contributed by atoms with Gasteiger partial charge in [0.1, 0.15) is 29.8 Å². The number of sulfonamides is 1. The van der Waals surface area contributed by atoms with Gasteiger partial charge in [-0.3, -0.25) is 13.9 Å². The lowest BCUT2D eigenvalue weighted by molar-refractivity contribution is -0.140. The van der Waals surface area contributed by atoms with Gasteiger partial charge in [-0.15, -0.1) is 0 Å². The summed E-state index contributed by atoms with van der Waals surface area (Å²) in [6.45, 7) is 7.14. The molecule has 0 heterocycles. The number of para-hydroxylation sites is 1. The minimum atomic E-state index is -4.20. The molecule has 0 aliphatic heterocycles. The zero-order chi connectivity index (χ0) is 34.0. The Hall–Kier alpha value is -4.83. The van der Waals surface area contributed by atoms with Crippen molar-refractivity contribution in [3.8, 4) is 17.2 Å². The van der Waals surface area contributed by atoms with Gasteiger partial charge in [-0.1, -0.05) is 61.9 Å². The molecule has 0 aliphatic rings. The van der Waals surface area contributed by atoms with Crippen molar-refractivity contribution in [3.63, 3.8) is 0 Å². The van der Waals surface area contributed by atoms with Crippen LogP contribution in [0.4, 0.5) is 5.69 Å². The Morgan fingerprint density at radius 2 is 1.38 bits per heavy atom. The number of hydrogen-bond acceptors (Lipinski definition) is 6. The first-order valence-corrected chi connectivity index (χ1v) is 17.1. The number of ether oxygens (including phenoxy) is 2. The molecule has 2 atom stereocenters. The van der Waals surface area contributed by atoms with Crippen molar-refractivity contribution in [3.05, 3.63) is 114 Å². The predicted octanol–water partition coefficient (Wildman–Crippen LogP) is 6.71. The van der Waals surface area contributed by atoms with Gasteiger partial charge in [-0.2, -0.15) is 0 Å². The highest BCUT2D eigenvalue weighted by Gasteiger charge is 2.34. The average molecular weight is 658 g/mol. The third-order valence-electron chi connectivity index (χ3n) is 7.89. The van der Waals surface area contributed by atoms with E-state index < -0.39 is 28.5 Å². The topological polar surface area (TPSA) is 105 Å². The van der Waals surface area contributed by atoms with Crippen LogP contribution in [-0.4, -0.2) is 50.9 Å². The van der Waals surface area contributed by atoms with Crippen LogP contribution in [0.25, 0.3) is 0 Å². The molecular formula is C37H43N3O6S. The molecule has 10 heteroatoms. The summed E-state index contributed by atoms with van der Waals surface area (Å²) in [6.07, 6.45) is 1.06. The third kappa shape index (κ3) is 9.13. The van der Waals surface area contributed by atoms with Crippen molar-refractivity contribution in [2.45, 2.75) is 64.1 Å². The lowest BCUT2D eigenvalue weighted by Gasteiger charge is -2.33. The first-order chi connectivity index (χ1) is 22.5. The number of methoxy groups -OCH3 is 1. The van der Waals surface area contributed by atoms with Crippen molar-refractivity contribution >= 4 is 27.5 Å². The van der Waals surface area contributed by atoms with E-state index in [1.54, 1.807) is 55.6 Å². The molecule has 248 valence electrons. The molecule has 0 spiro atoms. The van der Waals surface area contributed by atoms with Crippen molar-refractivity contribution in [1.82, 2.24) is 10.2 Å². The number of nitrogens with one attached hydrogen (secondary N) is 1. The fourth-order valence-electron chi connectivity index (χ4n) is 4.96. The quantitative estimate of drug-likeness (QED) is 0.152. The number of rotatable bonds is 15. The van der Waals surface area contributed by atoms with E-state index in [9.17, 15) is 18.0 Å². The summed E-state index contributed by atoms with van der Waals surface area (Å²) in [5, 5.41) is 2.99. The Kier molecular flexibility index (Phi) is 12.0. The summed E-state index contributed by atoms with van der Waals surface area (Å²) in [6, 6.07) is 28.5. The van der Waals surface area contributed by atoms with Crippen molar-refractivity contribution in [1.29, 1.82) is 0 Å². The van der Waals surface area contributed by atoms with Crippen LogP contribution in [0.15, 0.2) is 108 Å². The van der Waals surface area contributed by atoms with Gasteiger partial charge in [0.25, 0.3) is 10.0 Å². The maximum absolute atomic E-state index is 14.3. The summed E-state index contributed by atoms with van der Waals surface area (Å²) in [5.74, 6) is 0.984. The highest BCUT2D eigenvalue weighted by molar-refractivity contribution is 7.92. The summed E-state index contributed by atoms with van der Waals surface area (Å²) >= 11 is 0. The number of amides is 2. The lowest BCUT2D eigenvalue weighted by atomic mass is 10.1. The van der Waals surface area contributed by atoms with Crippen molar-refractivity contribution in [2.75, 3.05) is 18.0 Å². The molecule has 0 aromatic heterocycles. The second kappa shape index (κ2) is 16.1. The van der Waals surface area contributed by atoms with E-state index in [1.807, 2.05) is 70.2 Å². The minimum absolute atomic E-state index is 0.0452. The lowest BCUT2D eigenvalue weighted by Crippen LogP contribution is -2.53. The number of carbonyl (C=O) groups is 2. The average Bonchev–Trinajstić information content (AvgIpc) is 3.08. The molecule has 2 amide bonds. The number of nitrogens with zero attached hydrogens (tertiary/aromatic N) is 2. The Labute approximate surface area is 278 Å². The van der Waals surface area contributed by atoms with E-state index >= 15 is 0 Å². The molecular weight excluding hydrogens is 614 g/mol. The molecule has 4 aromatic carbocycles. The number of anilines is 1. The molecule has 0 aliphatic carbocycles. The van der Waals surface area contributed by atoms with Crippen LogP contribution in [-0.2, 0) is 26.2 Å². The van der Waals surface area contributed by atoms with Crippen molar-refractivity contribution < 1.29 is 27.5 Å². The Bertz CT molecular complexity index is 1710. The van der Waals surface area contributed by atoms with Gasteiger partial charge in [0.05, 0.1) is 17.7 Å². The van der Waals surface area contributed by atoms with Crippen LogP contribution in [0, 0.1) is 6.92 Å². The van der Waals surface area contributed by atoms with E-state index in [1.165, 1.54) is 17.0 Å². The number of hydrogen-bond donors (Lipinski definition) is 1. The van der Waals surface area contributed by atoms with Gasteiger partial charge >= 0.3 is 0 Å². The van der Waals surface area contributed by atoms with E-state index in [-0.39, 0.29) is 29.1 Å². The number of carbonyl (C=O) groups excluding carboxylic acids is 2. The molecule has 0 saturated carbocycles. The standard InChI is InChI=1S/C37H43N3O6S/c1-6-28(4)38-37(42)35(7-2)39(25-29-15-19-31(45-5)20-16-29)36(41)26-40(47(43,44)34-23-13-27(3)14-24-34)30-17-21-33(22-18-30)46-32-11-9-8-10-12-32/h8-24,28,35H,6-7,25-26H2,1-5H3,(H,38,42). The first kappa shape index (κ1) is 35.0. The summed E-state index contributed by atoms with van der Waals surface area (Å²) < 4.78 is 40.7. The van der Waals surface area contributed by atoms with E-state index in [2.05, 4.69) is 5.32 Å². The highest BCUT2D eigenvalue weighted by Crippen LogP contribution is 2.29. The molecule has 0 bridgehead atoms. The van der Waals surface area contributed by atoms with Gasteiger partial charge < -0.3 is 19.7 Å². The van der Waals surface area contributed by atoms with Crippen LogP contribution in [0.5, 0.6) is 17.2 Å². The smallest absolute Gasteiger partial charge is 0.264 e. The van der Waals surface area contributed by atoms with Crippen LogP contribution in [0.3, 0.4) is 0 Å². The Morgan fingerprint density at radius 3 is 1.96 bits per heavy atom. The first-order valence-electron chi connectivity index (χ1n) is 15.7. The molecule has 2 unspecified atom stereocenters. The Balaban J connectivity index is 1.72. The third-order valence-corrected chi connectivity index (χ3v) is 9.68. The van der Waals surface area contributed by atoms with Gasteiger partial charge in [-0.05, 0) is 92.9 Å². The zero-order valence-corrected chi connectivity index (χ0v) is 28.4. The van der Waals surface area contributed by atoms with Crippen LogP contribution in [0.1, 0.15) is 44.7 Å². The number of aryl methyl sites for hydroxylation is 1. The van der Waals surface area contributed by atoms with Crippen LogP contribution >= 0.6 is 0 Å². The highest BCUT2D eigenvalue weighted by atomic mass is 32.2. The van der Waals surface area contributed by atoms with E-state index in [0.29, 0.717) is 23.7 Å². The predicted molar refractivity (Wildman–Crippen MR) is 184 cm³/mol. The molecule has 0 saturated heterocycles. The maximum atomic E-state index is 14.3. The normalized spacial score (nSPS) is 12.4. The molecule has 1 N–H and O–H groups in total. The maximum Gasteiger partial charge on any atom is 0.264 e. The van der Waals surface area contributed by atoms with Crippen LogP contribution in [0.2, 0.25) is 0 Å². The molecule has 4 rings (SSSR count). The molecule has 47 heavy (non-hydrogen) atoms. The summed E-state index contributed by atoms with van der Waals surface area (Å²) in [5.41, 5.74) is 1.95. The van der Waals surface area contributed by atoms with Gasteiger partial charge in [0.2, 0.25) is 11.8 Å². The molecule has 0 radical (unpaired) electrons. The summed E-state index contributed by atoms with van der Waals surface area (Å²) in [7, 11) is -2.63. The second-order valence-electron chi connectivity index (χ2n) is 11.3. The molecule has 9 nitrogen and oxygen atoms in total. The SMILES string of the molecule is CCC(C)NC(=O)C(CC)N(Cc1ccc(OC)cc1)C(=O)CN(c1ccc(Oc2ccccc2)cc1)S(=O)(=O)c1ccc(C)cc1. The molecule has 0 fully saturated rings. The monoisotopic (exact) mass is 657 g/mol. The summed E-state index contributed by atoms with van der Waals surface area (Å²) in [4.78, 5) is 29.4. The minimum Gasteiger partial charge on any atom is -0.497 e. The van der Waals surface area contributed by atoms with Gasteiger partial charge in [-0.25, -0.2) is 8.42 Å².